The van der Waals surface area contributed by atoms with E-state index in [-0.39, 0.29) is 23.1 Å². The van der Waals surface area contributed by atoms with Crippen molar-refractivity contribution in [2.45, 2.75) is 26.2 Å². The lowest BCUT2D eigenvalue weighted by molar-refractivity contribution is -0.570. The van der Waals surface area contributed by atoms with Crippen LogP contribution >= 0.6 is 0 Å². The Morgan fingerprint density at radius 1 is 0.427 bits per heavy atom. The first-order valence-corrected chi connectivity index (χ1v) is 29.9. The third-order valence-electron chi connectivity index (χ3n) is 17.8. The van der Waals surface area contributed by atoms with Crippen molar-refractivity contribution < 1.29 is 25.0 Å². The van der Waals surface area contributed by atoms with Gasteiger partial charge in [-0.1, -0.05) is 184 Å². The van der Waals surface area contributed by atoms with Gasteiger partial charge in [-0.25, -0.2) is 4.98 Å². The second-order valence-corrected chi connectivity index (χ2v) is 24.1. The van der Waals surface area contributed by atoms with E-state index in [1.807, 2.05) is 97.2 Å². The molecule has 0 aliphatic carbocycles. The van der Waals surface area contributed by atoms with Gasteiger partial charge in [0.15, 0.2) is 0 Å². The quantitative estimate of drug-likeness (QED) is 0.118. The van der Waals surface area contributed by atoms with E-state index in [1.54, 1.807) is 0 Å². The van der Waals surface area contributed by atoms with Crippen LogP contribution in [0.2, 0.25) is 0 Å². The fourth-order valence-electron chi connectivity index (χ4n) is 13.6. The molecule has 0 radical (unpaired) electrons. The van der Waals surface area contributed by atoms with Gasteiger partial charge in [0.05, 0.1) is 40.3 Å². The lowest BCUT2D eigenvalue weighted by atomic mass is 9.86. The van der Waals surface area contributed by atoms with Gasteiger partial charge in [0, 0.05) is 44.6 Å². The summed E-state index contributed by atoms with van der Waals surface area (Å²) in [6, 6.07) is 79.2. The predicted molar refractivity (Wildman–Crippen MR) is 362 cm³/mol. The number of aromatic nitrogens is 4. The number of hydrogen-bond donors (Lipinski definition) is 0. The van der Waals surface area contributed by atoms with Crippen molar-refractivity contribution in [2.75, 3.05) is 0 Å². The van der Waals surface area contributed by atoms with Crippen molar-refractivity contribution >= 4 is 76.7 Å². The molecule has 0 bridgehead atoms. The molecule has 1 aliphatic rings. The Bertz CT molecular complexity index is 6080. The zero-order valence-corrected chi connectivity index (χ0v) is 48.6. The number of ether oxygens (including phenoxy) is 1. The maximum atomic E-state index is 9.63. The summed E-state index contributed by atoms with van der Waals surface area (Å²) in [5.74, 6) is 2.04. The highest BCUT2D eigenvalue weighted by Crippen LogP contribution is 2.48. The monoisotopic (exact) mass is 1150 g/mol. The molecule has 1 aliphatic heterocycles. The first-order chi connectivity index (χ1) is 45.8. The standard InChI is InChI=1S/C82H54N4O3/c1-82(2,3)55-39-40-83-79(46-55)86-72-28-12-9-23-63(72)64-36-34-58(48-73(64)86)87-57-20-15-19-56(47-57)84-49-85-80-59(50-17-5-4-6-18-50)26-16-27-67(80)68-41-51(52-32-37-77-69(42-52)65-24-10-13-29-75(65)88-77)31-35-62(68)60-21-7-8-22-61(60)71-44-54(45-74(84)81(71)85)53-33-38-78-70(43-53)66-25-11-14-30-76(66)89-78/h4-48H,1-3H3/i4D,5D,6D,17D,18D. The minimum Gasteiger partial charge on any atom is -0.458 e. The van der Waals surface area contributed by atoms with Gasteiger partial charge in [0.25, 0.3) is 6.33 Å². The number of nitrogens with zero attached hydrogens (tertiary/aromatic N) is 4. The third kappa shape index (κ3) is 8.12. The predicted octanol–water partition coefficient (Wildman–Crippen LogP) is 21.4. The van der Waals surface area contributed by atoms with Crippen LogP contribution in [0.3, 0.4) is 0 Å². The fraction of sp³-hybridized carbons (Fsp3) is 0.0488. The molecule has 18 rings (SSSR count). The fourth-order valence-corrected chi connectivity index (χ4v) is 13.6. The maximum Gasteiger partial charge on any atom is 0.269 e. The number of hydrogen-bond acceptors (Lipinski definition) is 4. The van der Waals surface area contributed by atoms with E-state index in [4.69, 9.17) is 22.7 Å². The maximum absolute atomic E-state index is 9.63. The molecule has 17 aromatic rings. The SMILES string of the molecule is [2H]c1c([2H])c([2H])c(-c2cccc3c2-[n+]2[c-]n(-c4cccc(Oc5ccc6c7ccccc7n(-c7cc(C(C)(C)C)ccn7)c6c5)c4)c4cc(-c5ccc6oc7ccccc7c6c5)cc(c42)-c2ccccc2-c2ccc(-c4ccc5oc6ccccc6c5c4)cc2-3)c([2H])c1[2H]. The number of furan rings is 2. The molecule has 0 spiro atoms. The van der Waals surface area contributed by atoms with E-state index in [0.29, 0.717) is 22.7 Å². The highest BCUT2D eigenvalue weighted by atomic mass is 16.5. The summed E-state index contributed by atoms with van der Waals surface area (Å²) >= 11 is 0. The molecular weight excluding hydrogens is 1090 g/mol. The van der Waals surface area contributed by atoms with Gasteiger partial charge >= 0.3 is 0 Å². The van der Waals surface area contributed by atoms with Gasteiger partial charge in [-0.3, -0.25) is 13.7 Å². The molecule has 5 aromatic heterocycles. The number of benzene rings is 12. The lowest BCUT2D eigenvalue weighted by Gasteiger charge is -2.20. The third-order valence-corrected chi connectivity index (χ3v) is 17.8. The Morgan fingerprint density at radius 3 is 1.79 bits per heavy atom. The van der Waals surface area contributed by atoms with Crippen molar-refractivity contribution in [1.82, 2.24) is 14.1 Å². The molecule has 0 fully saturated rings. The molecule has 6 heterocycles. The van der Waals surface area contributed by atoms with Crippen LogP contribution in [0.5, 0.6) is 11.5 Å². The summed E-state index contributed by atoms with van der Waals surface area (Å²) in [4.78, 5) is 4.94. The van der Waals surface area contributed by atoms with Crippen molar-refractivity contribution in [3.8, 4) is 95.5 Å². The van der Waals surface area contributed by atoms with Crippen LogP contribution in [0, 0.1) is 6.33 Å². The van der Waals surface area contributed by atoms with Crippen LogP contribution in [0.25, 0.3) is 161 Å². The highest BCUT2D eigenvalue weighted by Gasteiger charge is 2.29. The van der Waals surface area contributed by atoms with E-state index in [0.717, 1.165) is 144 Å². The van der Waals surface area contributed by atoms with Crippen molar-refractivity contribution in [3.05, 3.63) is 285 Å². The average Bonchev–Trinajstić information content (AvgIpc) is 1.51. The van der Waals surface area contributed by atoms with E-state index < -0.39 is 18.1 Å². The van der Waals surface area contributed by atoms with E-state index >= 15 is 0 Å². The first-order valence-electron chi connectivity index (χ1n) is 32.4. The molecule has 420 valence electrons. The van der Waals surface area contributed by atoms with Gasteiger partial charge in [-0.05, 0) is 175 Å². The number of rotatable bonds is 7. The summed E-state index contributed by atoms with van der Waals surface area (Å²) < 4.78 is 72.3. The van der Waals surface area contributed by atoms with Gasteiger partial charge in [-0.2, -0.15) is 0 Å². The molecule has 0 saturated heterocycles. The van der Waals surface area contributed by atoms with Crippen LogP contribution in [-0.2, 0) is 5.41 Å². The molecule has 0 atom stereocenters. The topological polar surface area (TPSA) is 62.1 Å². The van der Waals surface area contributed by atoms with Crippen LogP contribution in [-0.4, -0.2) is 14.1 Å². The molecule has 7 heteroatoms. The van der Waals surface area contributed by atoms with Gasteiger partial charge in [0.2, 0.25) is 0 Å². The zero-order valence-electron chi connectivity index (χ0n) is 53.6. The molecule has 0 unspecified atom stereocenters. The van der Waals surface area contributed by atoms with E-state index in [9.17, 15) is 2.74 Å². The van der Waals surface area contributed by atoms with Crippen LogP contribution in [0.4, 0.5) is 0 Å². The molecule has 12 aromatic carbocycles. The highest BCUT2D eigenvalue weighted by molar-refractivity contribution is 6.11. The molecule has 0 saturated carbocycles. The molecule has 7 nitrogen and oxygen atoms in total. The van der Waals surface area contributed by atoms with E-state index in [1.165, 1.54) is 5.56 Å². The molecular formula is C82H54N4O3. The molecule has 0 amide bonds. The summed E-state index contributed by atoms with van der Waals surface area (Å²) in [5, 5.41) is 6.21. The second kappa shape index (κ2) is 19.5. The smallest absolute Gasteiger partial charge is 0.269 e. The number of pyridine rings is 1. The van der Waals surface area contributed by atoms with Crippen molar-refractivity contribution in [1.29, 1.82) is 0 Å². The van der Waals surface area contributed by atoms with Crippen LogP contribution < -0.4 is 9.30 Å². The van der Waals surface area contributed by atoms with Crippen LogP contribution in [0.1, 0.15) is 33.2 Å². The Hall–Kier alpha value is -11.5. The summed E-state index contributed by atoms with van der Waals surface area (Å²) in [6.07, 6.45) is 5.81. The van der Waals surface area contributed by atoms with Crippen molar-refractivity contribution in [2.24, 2.45) is 0 Å². The summed E-state index contributed by atoms with van der Waals surface area (Å²) in [6.45, 7) is 6.64. The largest absolute Gasteiger partial charge is 0.458 e. The Morgan fingerprint density at radius 2 is 1.02 bits per heavy atom. The minimum atomic E-state index is -0.471. The van der Waals surface area contributed by atoms with Gasteiger partial charge in [0.1, 0.15) is 39.6 Å². The Balaban J connectivity index is 0.899. The zero-order chi connectivity index (χ0) is 63.4. The number of para-hydroxylation sites is 4. The molecule has 0 N–H and O–H groups in total. The normalized spacial score (nSPS) is 13.0. The lowest BCUT2D eigenvalue weighted by Crippen LogP contribution is -2.32. The van der Waals surface area contributed by atoms with E-state index in [2.05, 4.69) is 186 Å². The van der Waals surface area contributed by atoms with Gasteiger partial charge in [-0.15, -0.1) is 0 Å². The Kier molecular flexibility index (Phi) is 10.0. The summed E-state index contributed by atoms with van der Waals surface area (Å²) in [7, 11) is 0. The van der Waals surface area contributed by atoms with Crippen LogP contribution in [0.15, 0.2) is 282 Å². The second-order valence-electron chi connectivity index (χ2n) is 24.1. The minimum absolute atomic E-state index is 0.0688. The molecule has 89 heavy (non-hydrogen) atoms. The average molecular weight is 1150 g/mol. The Labute approximate surface area is 519 Å². The number of imidazole rings is 1. The summed E-state index contributed by atoms with van der Waals surface area (Å²) in [5.41, 5.74) is 18.8. The first kappa shape index (κ1) is 45.8. The van der Waals surface area contributed by atoms with Crippen molar-refractivity contribution in [3.63, 3.8) is 0 Å². The van der Waals surface area contributed by atoms with Gasteiger partial charge < -0.3 is 13.6 Å². The number of fused-ring (bicyclic) bond motifs is 16.